The van der Waals surface area contributed by atoms with Crippen LogP contribution in [-0.4, -0.2) is 16.8 Å². The molecule has 0 bridgehead atoms. The molecular formula is C11H16N2O2. The molecule has 0 amide bonds. The lowest BCUT2D eigenvalue weighted by Crippen LogP contribution is -2.42. The highest BCUT2D eigenvalue weighted by molar-refractivity contribution is 5.32. The van der Waals surface area contributed by atoms with Gasteiger partial charge in [-0.3, -0.25) is 0 Å². The Kier molecular flexibility index (Phi) is 1.77. The minimum absolute atomic E-state index is 0.0743. The summed E-state index contributed by atoms with van der Waals surface area (Å²) in [6.45, 7) is 0.503. The van der Waals surface area contributed by atoms with Crippen LogP contribution in [0, 0.1) is 5.41 Å². The first-order valence-electron chi connectivity index (χ1n) is 5.58. The summed E-state index contributed by atoms with van der Waals surface area (Å²) in [5.74, 6) is 0.850. The van der Waals surface area contributed by atoms with Crippen molar-refractivity contribution in [2.24, 2.45) is 11.1 Å². The van der Waals surface area contributed by atoms with E-state index in [1.807, 2.05) is 0 Å². The number of hydrogen-bond acceptors (Lipinski definition) is 4. The molecule has 0 saturated heterocycles. The SMILES string of the molecule is NCCC1(O)c2cnoc2CCC12CC2. The van der Waals surface area contributed by atoms with Gasteiger partial charge in [0.25, 0.3) is 0 Å². The largest absolute Gasteiger partial charge is 0.384 e. The summed E-state index contributed by atoms with van der Waals surface area (Å²) in [7, 11) is 0. The summed E-state index contributed by atoms with van der Waals surface area (Å²) in [4.78, 5) is 0. The number of aryl methyl sites for hydroxylation is 1. The van der Waals surface area contributed by atoms with Crippen molar-refractivity contribution in [2.75, 3.05) is 6.54 Å². The fraction of sp³-hybridized carbons (Fsp3) is 0.727. The summed E-state index contributed by atoms with van der Waals surface area (Å²) < 4.78 is 5.17. The lowest BCUT2D eigenvalue weighted by atomic mass is 9.70. The zero-order valence-electron chi connectivity index (χ0n) is 8.70. The van der Waals surface area contributed by atoms with Gasteiger partial charge in [0.15, 0.2) is 0 Å². The van der Waals surface area contributed by atoms with Crippen molar-refractivity contribution in [3.8, 4) is 0 Å². The first-order chi connectivity index (χ1) is 7.22. The summed E-state index contributed by atoms with van der Waals surface area (Å²) >= 11 is 0. The Labute approximate surface area is 88.4 Å². The van der Waals surface area contributed by atoms with Gasteiger partial charge < -0.3 is 15.4 Å². The molecule has 1 aromatic rings. The number of nitrogens with two attached hydrogens (primary N) is 1. The second kappa shape index (κ2) is 2.83. The fourth-order valence-electron chi connectivity index (χ4n) is 3.05. The molecule has 4 heteroatoms. The Morgan fingerprint density at radius 3 is 2.93 bits per heavy atom. The van der Waals surface area contributed by atoms with Gasteiger partial charge in [-0.25, -0.2) is 0 Å². The number of nitrogens with zero attached hydrogens (tertiary/aromatic N) is 1. The summed E-state index contributed by atoms with van der Waals surface area (Å²) in [5, 5.41) is 14.6. The molecule has 0 aromatic carbocycles. The van der Waals surface area contributed by atoms with E-state index in [2.05, 4.69) is 5.16 Å². The van der Waals surface area contributed by atoms with Crippen molar-refractivity contribution < 1.29 is 9.63 Å². The van der Waals surface area contributed by atoms with Gasteiger partial charge in [0.2, 0.25) is 0 Å². The van der Waals surface area contributed by atoms with E-state index in [9.17, 15) is 5.11 Å². The first-order valence-corrected chi connectivity index (χ1v) is 5.58. The number of aromatic nitrogens is 1. The Morgan fingerprint density at radius 1 is 1.47 bits per heavy atom. The van der Waals surface area contributed by atoms with E-state index in [-0.39, 0.29) is 5.41 Å². The first kappa shape index (κ1) is 9.36. The number of aliphatic hydroxyl groups is 1. The molecule has 1 heterocycles. The molecule has 15 heavy (non-hydrogen) atoms. The zero-order valence-corrected chi connectivity index (χ0v) is 8.70. The van der Waals surface area contributed by atoms with E-state index in [0.717, 1.165) is 37.0 Å². The van der Waals surface area contributed by atoms with Gasteiger partial charge >= 0.3 is 0 Å². The zero-order chi connectivity index (χ0) is 10.5. The third kappa shape index (κ3) is 1.06. The number of rotatable bonds is 2. The predicted molar refractivity (Wildman–Crippen MR) is 54.1 cm³/mol. The van der Waals surface area contributed by atoms with Crippen LogP contribution < -0.4 is 5.73 Å². The Morgan fingerprint density at radius 2 is 2.27 bits per heavy atom. The molecule has 1 atom stereocenters. The van der Waals surface area contributed by atoms with E-state index in [1.165, 1.54) is 0 Å². The van der Waals surface area contributed by atoms with Crippen LogP contribution in [0.3, 0.4) is 0 Å². The normalized spacial score (nSPS) is 31.6. The van der Waals surface area contributed by atoms with Crippen LogP contribution in [0.5, 0.6) is 0 Å². The van der Waals surface area contributed by atoms with E-state index >= 15 is 0 Å². The van der Waals surface area contributed by atoms with Crippen molar-refractivity contribution in [3.63, 3.8) is 0 Å². The summed E-state index contributed by atoms with van der Waals surface area (Å²) in [6.07, 6.45) is 6.40. The topological polar surface area (TPSA) is 72.3 Å². The quantitative estimate of drug-likeness (QED) is 0.758. The van der Waals surface area contributed by atoms with Crippen LogP contribution in [0.4, 0.5) is 0 Å². The van der Waals surface area contributed by atoms with Crippen molar-refractivity contribution in [1.82, 2.24) is 5.16 Å². The smallest absolute Gasteiger partial charge is 0.142 e. The molecule has 0 aliphatic heterocycles. The lowest BCUT2D eigenvalue weighted by Gasteiger charge is -2.39. The minimum Gasteiger partial charge on any atom is -0.384 e. The number of fused-ring (bicyclic) bond motifs is 1. The van der Waals surface area contributed by atoms with Gasteiger partial charge in [-0.2, -0.15) is 0 Å². The standard InChI is InChI=1S/C11H16N2O2/c12-6-5-11(14)8-7-13-15-9(8)1-2-10(11)3-4-10/h7,14H,1-6,12H2. The molecule has 0 radical (unpaired) electrons. The summed E-state index contributed by atoms with van der Waals surface area (Å²) in [6, 6.07) is 0. The molecule has 2 aliphatic carbocycles. The molecule has 2 aliphatic rings. The molecule has 1 aromatic heterocycles. The van der Waals surface area contributed by atoms with Crippen LogP contribution in [0.2, 0.25) is 0 Å². The average molecular weight is 208 g/mol. The Hall–Kier alpha value is -0.870. The number of hydrogen-bond donors (Lipinski definition) is 2. The van der Waals surface area contributed by atoms with Crippen molar-refractivity contribution in [1.29, 1.82) is 0 Å². The second-order valence-corrected chi connectivity index (χ2v) is 4.84. The maximum atomic E-state index is 10.8. The fourth-order valence-corrected chi connectivity index (χ4v) is 3.05. The predicted octanol–water partition coefficient (Wildman–Crippen LogP) is 0.937. The molecule has 1 fully saturated rings. The molecule has 82 valence electrons. The highest BCUT2D eigenvalue weighted by Gasteiger charge is 2.61. The molecule has 1 unspecified atom stereocenters. The van der Waals surface area contributed by atoms with Crippen molar-refractivity contribution in [3.05, 3.63) is 17.5 Å². The minimum atomic E-state index is -0.782. The lowest BCUT2D eigenvalue weighted by molar-refractivity contribution is -0.0579. The third-order valence-electron chi connectivity index (χ3n) is 4.16. The van der Waals surface area contributed by atoms with Crippen molar-refractivity contribution >= 4 is 0 Å². The van der Waals surface area contributed by atoms with Crippen LogP contribution >= 0.6 is 0 Å². The van der Waals surface area contributed by atoms with E-state index in [4.69, 9.17) is 10.3 Å². The van der Waals surface area contributed by atoms with Gasteiger partial charge in [0.05, 0.1) is 6.20 Å². The van der Waals surface area contributed by atoms with Gasteiger partial charge in [-0.05, 0) is 32.2 Å². The molecule has 3 rings (SSSR count). The van der Waals surface area contributed by atoms with Crippen LogP contribution in [-0.2, 0) is 12.0 Å². The molecule has 1 saturated carbocycles. The van der Waals surface area contributed by atoms with Crippen LogP contribution in [0.1, 0.15) is 37.0 Å². The molecule has 3 N–H and O–H groups in total. The maximum Gasteiger partial charge on any atom is 0.142 e. The maximum absolute atomic E-state index is 10.8. The average Bonchev–Trinajstić information content (AvgIpc) is 2.84. The summed E-state index contributed by atoms with van der Waals surface area (Å²) in [5.41, 5.74) is 5.79. The van der Waals surface area contributed by atoms with E-state index < -0.39 is 5.60 Å². The highest BCUT2D eigenvalue weighted by Crippen LogP contribution is 2.64. The van der Waals surface area contributed by atoms with Gasteiger partial charge in [-0.1, -0.05) is 5.16 Å². The third-order valence-corrected chi connectivity index (χ3v) is 4.16. The van der Waals surface area contributed by atoms with Gasteiger partial charge in [0, 0.05) is 17.4 Å². The molecular weight excluding hydrogens is 192 g/mol. The van der Waals surface area contributed by atoms with Gasteiger partial charge in [0.1, 0.15) is 11.4 Å². The Bertz CT molecular complexity index is 384. The van der Waals surface area contributed by atoms with Crippen LogP contribution in [0.15, 0.2) is 10.7 Å². The molecule has 1 spiro atoms. The van der Waals surface area contributed by atoms with E-state index in [1.54, 1.807) is 6.20 Å². The second-order valence-electron chi connectivity index (χ2n) is 4.84. The molecule has 4 nitrogen and oxygen atoms in total. The van der Waals surface area contributed by atoms with E-state index in [0.29, 0.717) is 13.0 Å². The van der Waals surface area contributed by atoms with Crippen molar-refractivity contribution in [2.45, 2.75) is 37.7 Å². The monoisotopic (exact) mass is 208 g/mol. The van der Waals surface area contributed by atoms with Gasteiger partial charge in [-0.15, -0.1) is 0 Å². The van der Waals surface area contributed by atoms with Crippen LogP contribution in [0.25, 0.3) is 0 Å². The Balaban J connectivity index is 2.08. The highest BCUT2D eigenvalue weighted by atomic mass is 16.5.